The lowest BCUT2D eigenvalue weighted by atomic mass is 9.98. The van der Waals surface area contributed by atoms with Gasteiger partial charge >= 0.3 is 0 Å². The Morgan fingerprint density at radius 2 is 1.79 bits per heavy atom. The number of Topliss-reactive ketones (excluding diaryl/α,β-unsaturated/α-hetero) is 1. The molecule has 0 aliphatic rings. The molecule has 0 radical (unpaired) electrons. The van der Waals surface area contributed by atoms with E-state index in [-0.39, 0.29) is 29.2 Å². The van der Waals surface area contributed by atoms with E-state index in [1.807, 2.05) is 33.8 Å². The second kappa shape index (κ2) is 8.71. The van der Waals surface area contributed by atoms with Gasteiger partial charge in [-0.2, -0.15) is 5.26 Å². The molecule has 1 atom stereocenters. The van der Waals surface area contributed by atoms with Crippen LogP contribution in [0.25, 0.3) is 0 Å². The van der Waals surface area contributed by atoms with Crippen LogP contribution in [-0.2, 0) is 6.54 Å². The summed E-state index contributed by atoms with van der Waals surface area (Å²) in [6, 6.07) is 5.31. The van der Waals surface area contributed by atoms with Crippen LogP contribution >= 0.6 is 11.6 Å². The molecule has 0 saturated carbocycles. The minimum atomic E-state index is -0.948. The van der Waals surface area contributed by atoms with Gasteiger partial charge in [-0.3, -0.25) is 14.2 Å². The topological polar surface area (TPSA) is 92.3 Å². The van der Waals surface area contributed by atoms with Crippen LogP contribution in [0.4, 0.5) is 0 Å². The summed E-state index contributed by atoms with van der Waals surface area (Å²) in [5.74, 6) is -0.453. The third-order valence-electron chi connectivity index (χ3n) is 4.69. The van der Waals surface area contributed by atoms with E-state index < -0.39 is 23.3 Å². The highest BCUT2D eigenvalue weighted by Gasteiger charge is 2.28. The fourth-order valence-corrected chi connectivity index (χ4v) is 3.32. The quantitative estimate of drug-likeness (QED) is 0.708. The molecular formula is C22H25ClN2O4. The number of aromatic hydroxyl groups is 1. The van der Waals surface area contributed by atoms with E-state index in [1.165, 1.54) is 6.92 Å². The molecule has 1 aromatic carbocycles. The van der Waals surface area contributed by atoms with Gasteiger partial charge in [0.05, 0.1) is 5.56 Å². The number of benzene rings is 1. The molecule has 6 nitrogen and oxygen atoms in total. The van der Waals surface area contributed by atoms with Crippen LogP contribution in [-0.4, -0.2) is 21.6 Å². The van der Waals surface area contributed by atoms with Crippen molar-refractivity contribution < 1.29 is 14.6 Å². The maximum Gasteiger partial charge on any atom is 0.271 e. The Hall–Kier alpha value is -2.78. The monoisotopic (exact) mass is 416 g/mol. The maximum atomic E-state index is 13.1. The number of halogens is 1. The van der Waals surface area contributed by atoms with Crippen LogP contribution in [0.2, 0.25) is 5.02 Å². The number of rotatable bonds is 6. The number of ether oxygens (including phenoxy) is 1. The van der Waals surface area contributed by atoms with E-state index in [2.05, 4.69) is 0 Å². The molecule has 0 saturated heterocycles. The molecule has 2 aromatic rings. The number of hydrogen-bond donors (Lipinski definition) is 1. The fourth-order valence-electron chi connectivity index (χ4n) is 3.22. The molecule has 0 aliphatic heterocycles. The zero-order chi connectivity index (χ0) is 22.0. The SMILES string of the molecule is Cc1cc(OC(C)C(=O)c2c(C)c(C#N)c(=O)n(CC(C)C)c2O)cc(C)c1Cl. The third-order valence-corrected chi connectivity index (χ3v) is 5.28. The van der Waals surface area contributed by atoms with Crippen molar-refractivity contribution in [3.63, 3.8) is 0 Å². The van der Waals surface area contributed by atoms with Crippen LogP contribution in [0.1, 0.15) is 53.4 Å². The highest BCUT2D eigenvalue weighted by molar-refractivity contribution is 6.32. The van der Waals surface area contributed by atoms with Crippen molar-refractivity contribution in [3.8, 4) is 17.7 Å². The van der Waals surface area contributed by atoms with Crippen LogP contribution in [0.3, 0.4) is 0 Å². The van der Waals surface area contributed by atoms with Crippen LogP contribution in [0, 0.1) is 38.0 Å². The summed E-state index contributed by atoms with van der Waals surface area (Å²) in [6.07, 6.45) is -0.948. The Kier molecular flexibility index (Phi) is 6.76. The Labute approximate surface area is 175 Å². The number of hydrogen-bond acceptors (Lipinski definition) is 5. The molecule has 0 bridgehead atoms. The second-order valence-corrected chi connectivity index (χ2v) is 7.99. The van der Waals surface area contributed by atoms with E-state index >= 15 is 0 Å². The lowest BCUT2D eigenvalue weighted by molar-refractivity contribution is 0.0812. The molecule has 2 rings (SSSR count). The molecule has 1 heterocycles. The molecule has 29 heavy (non-hydrogen) atoms. The van der Waals surface area contributed by atoms with Gasteiger partial charge in [0.15, 0.2) is 6.10 Å². The molecule has 1 unspecified atom stereocenters. The summed E-state index contributed by atoms with van der Waals surface area (Å²) in [7, 11) is 0. The minimum Gasteiger partial charge on any atom is -0.494 e. The van der Waals surface area contributed by atoms with Crippen LogP contribution in [0.5, 0.6) is 11.6 Å². The number of carbonyl (C=O) groups excluding carboxylic acids is 1. The summed E-state index contributed by atoms with van der Waals surface area (Å²) in [5, 5.41) is 20.7. The number of pyridine rings is 1. The first-order valence-electron chi connectivity index (χ1n) is 9.33. The normalized spacial score (nSPS) is 12.0. The van der Waals surface area contributed by atoms with Gasteiger partial charge in [-0.05, 0) is 62.4 Å². The average molecular weight is 417 g/mol. The van der Waals surface area contributed by atoms with E-state index in [9.17, 15) is 20.0 Å². The van der Waals surface area contributed by atoms with Crippen molar-refractivity contribution in [2.75, 3.05) is 0 Å². The number of aryl methyl sites for hydroxylation is 2. The first-order chi connectivity index (χ1) is 13.5. The third kappa shape index (κ3) is 4.46. The van der Waals surface area contributed by atoms with E-state index in [0.29, 0.717) is 10.8 Å². The molecule has 0 spiro atoms. The van der Waals surface area contributed by atoms with Crippen LogP contribution < -0.4 is 10.3 Å². The highest BCUT2D eigenvalue weighted by Crippen LogP contribution is 2.28. The molecule has 0 aliphatic carbocycles. The van der Waals surface area contributed by atoms with Crippen LogP contribution in [0.15, 0.2) is 16.9 Å². The van der Waals surface area contributed by atoms with Gasteiger partial charge < -0.3 is 9.84 Å². The molecular weight excluding hydrogens is 392 g/mol. The Morgan fingerprint density at radius 1 is 1.24 bits per heavy atom. The van der Waals surface area contributed by atoms with Gasteiger partial charge in [-0.1, -0.05) is 25.4 Å². The van der Waals surface area contributed by atoms with Crippen molar-refractivity contribution in [3.05, 3.63) is 55.3 Å². The Bertz CT molecular complexity index is 1040. The number of ketones is 1. The first-order valence-corrected chi connectivity index (χ1v) is 9.71. The average Bonchev–Trinajstić information content (AvgIpc) is 2.63. The Morgan fingerprint density at radius 3 is 2.28 bits per heavy atom. The molecule has 154 valence electrons. The van der Waals surface area contributed by atoms with Gasteiger partial charge in [0.2, 0.25) is 11.7 Å². The summed E-state index contributed by atoms with van der Waals surface area (Å²) >= 11 is 6.17. The highest BCUT2D eigenvalue weighted by atomic mass is 35.5. The van der Waals surface area contributed by atoms with Crippen molar-refractivity contribution in [1.82, 2.24) is 4.57 Å². The Balaban J connectivity index is 2.52. The molecule has 7 heteroatoms. The van der Waals surface area contributed by atoms with Gasteiger partial charge in [0, 0.05) is 11.6 Å². The van der Waals surface area contributed by atoms with Gasteiger partial charge in [-0.15, -0.1) is 0 Å². The second-order valence-electron chi connectivity index (χ2n) is 7.62. The van der Waals surface area contributed by atoms with Crippen molar-refractivity contribution >= 4 is 17.4 Å². The predicted octanol–water partition coefficient (Wildman–Crippen LogP) is 4.31. The van der Waals surface area contributed by atoms with E-state index in [0.717, 1.165) is 15.7 Å². The largest absolute Gasteiger partial charge is 0.494 e. The summed E-state index contributed by atoms with van der Waals surface area (Å²) < 4.78 is 6.87. The van der Waals surface area contributed by atoms with Gasteiger partial charge in [0.1, 0.15) is 17.4 Å². The maximum absolute atomic E-state index is 13.1. The number of aromatic nitrogens is 1. The fraction of sp³-hybridized carbons (Fsp3) is 0.409. The molecule has 1 aromatic heterocycles. The minimum absolute atomic E-state index is 0.0319. The smallest absolute Gasteiger partial charge is 0.271 e. The summed E-state index contributed by atoms with van der Waals surface area (Å²) in [6.45, 7) is 10.6. The van der Waals surface area contributed by atoms with Gasteiger partial charge in [0.25, 0.3) is 5.56 Å². The summed E-state index contributed by atoms with van der Waals surface area (Å²) in [5.41, 5.74) is 0.952. The lowest BCUT2D eigenvalue weighted by Crippen LogP contribution is -2.31. The molecule has 1 N–H and O–H groups in total. The van der Waals surface area contributed by atoms with E-state index in [1.54, 1.807) is 19.1 Å². The van der Waals surface area contributed by atoms with Gasteiger partial charge in [-0.25, -0.2) is 0 Å². The molecule has 0 amide bonds. The summed E-state index contributed by atoms with van der Waals surface area (Å²) in [4.78, 5) is 25.7. The lowest BCUT2D eigenvalue weighted by Gasteiger charge is -2.20. The van der Waals surface area contributed by atoms with Crippen molar-refractivity contribution in [1.29, 1.82) is 5.26 Å². The molecule has 0 fully saturated rings. The van der Waals surface area contributed by atoms with Crippen molar-refractivity contribution in [2.45, 2.75) is 54.2 Å². The predicted molar refractivity (Wildman–Crippen MR) is 112 cm³/mol. The van der Waals surface area contributed by atoms with E-state index in [4.69, 9.17) is 16.3 Å². The standard InChI is InChI=1S/C22H25ClN2O4/c1-11(2)10-25-21(27)17(9-24)14(5)18(22(25)28)20(26)15(6)29-16-7-12(3)19(23)13(4)8-16/h7-8,11,15,28H,10H2,1-6H3. The number of carbonyl (C=O) groups is 1. The van der Waals surface area contributed by atoms with Crippen molar-refractivity contribution in [2.24, 2.45) is 5.92 Å². The zero-order valence-electron chi connectivity index (χ0n) is 17.5. The number of nitrogens with zero attached hydrogens (tertiary/aromatic N) is 2. The number of nitriles is 1. The first kappa shape index (κ1) is 22.5. The zero-order valence-corrected chi connectivity index (χ0v) is 18.2.